The molecule has 1 aromatic rings. The van der Waals surface area contributed by atoms with Crippen LogP contribution in [0.4, 0.5) is 4.79 Å². The summed E-state index contributed by atoms with van der Waals surface area (Å²) in [4.78, 5) is 19.1. The van der Waals surface area contributed by atoms with E-state index in [1.165, 1.54) is 5.56 Å². The van der Waals surface area contributed by atoms with Gasteiger partial charge in [-0.2, -0.15) is 0 Å². The molecule has 2 aliphatic rings. The normalized spacial score (nSPS) is 20.9. The van der Waals surface area contributed by atoms with Crippen molar-refractivity contribution in [3.63, 3.8) is 0 Å². The average Bonchev–Trinajstić information content (AvgIpc) is 2.65. The highest BCUT2D eigenvalue weighted by molar-refractivity contribution is 5.68. The fourth-order valence-corrected chi connectivity index (χ4v) is 4.23. The Labute approximate surface area is 163 Å². The van der Waals surface area contributed by atoms with Crippen LogP contribution in [-0.2, 0) is 11.3 Å². The molecule has 0 N–H and O–H groups in total. The molecular formula is C21H33N3O3. The largest absolute Gasteiger partial charge is 0.497 e. The van der Waals surface area contributed by atoms with E-state index in [0.717, 1.165) is 57.9 Å². The summed E-state index contributed by atoms with van der Waals surface area (Å²) in [6, 6.07) is 8.33. The van der Waals surface area contributed by atoms with Crippen molar-refractivity contribution in [2.45, 2.75) is 44.9 Å². The number of hydrogen-bond donors (Lipinski definition) is 0. The molecule has 27 heavy (non-hydrogen) atoms. The molecule has 1 spiro atoms. The number of piperidine rings is 1. The Bertz CT molecular complexity index is 641. The van der Waals surface area contributed by atoms with Crippen LogP contribution in [0.5, 0.6) is 5.75 Å². The molecule has 1 aromatic carbocycles. The van der Waals surface area contributed by atoms with E-state index < -0.39 is 0 Å². The molecule has 0 aromatic heterocycles. The van der Waals surface area contributed by atoms with Gasteiger partial charge in [-0.05, 0) is 51.4 Å². The Kier molecular flexibility index (Phi) is 6.27. The number of carbonyl (C=O) groups is 1. The number of carbonyl (C=O) groups excluding carboxylic acids is 1. The highest BCUT2D eigenvalue weighted by Gasteiger charge is 2.43. The van der Waals surface area contributed by atoms with Gasteiger partial charge in [0, 0.05) is 44.8 Å². The highest BCUT2D eigenvalue weighted by Crippen LogP contribution is 2.32. The number of hydrogen-bond acceptors (Lipinski definition) is 5. The maximum atomic E-state index is 12.2. The number of likely N-dealkylation sites (tertiary alicyclic amines) is 1. The number of piperazine rings is 1. The van der Waals surface area contributed by atoms with Crippen molar-refractivity contribution in [2.75, 3.05) is 46.9 Å². The van der Waals surface area contributed by atoms with E-state index in [2.05, 4.69) is 35.0 Å². The first-order valence-corrected chi connectivity index (χ1v) is 9.94. The third-order valence-corrected chi connectivity index (χ3v) is 5.91. The average molecular weight is 376 g/mol. The van der Waals surface area contributed by atoms with Crippen molar-refractivity contribution in [1.82, 2.24) is 14.7 Å². The fraction of sp³-hybridized carbons (Fsp3) is 0.667. The van der Waals surface area contributed by atoms with E-state index in [1.54, 1.807) is 7.11 Å². The molecule has 2 heterocycles. The summed E-state index contributed by atoms with van der Waals surface area (Å²) in [6.45, 7) is 9.42. The standard InChI is InChI=1S/C21H33N3O3/c1-17(2)27-20(25)24-10-8-21(9-11-24)16-23(13-12-22(21)3)15-18-6-5-7-19(14-18)26-4/h5-7,14,17H,8-13,15-16H2,1-4H3. The van der Waals surface area contributed by atoms with Crippen LogP contribution in [0.25, 0.3) is 0 Å². The van der Waals surface area contributed by atoms with Crippen LogP contribution in [0.3, 0.4) is 0 Å². The van der Waals surface area contributed by atoms with E-state index in [0.29, 0.717) is 0 Å². The Hall–Kier alpha value is -1.79. The second-order valence-corrected chi connectivity index (χ2v) is 8.13. The molecule has 150 valence electrons. The molecule has 0 unspecified atom stereocenters. The Morgan fingerprint density at radius 2 is 1.93 bits per heavy atom. The van der Waals surface area contributed by atoms with Crippen molar-refractivity contribution < 1.29 is 14.3 Å². The van der Waals surface area contributed by atoms with Gasteiger partial charge in [0.15, 0.2) is 0 Å². The third kappa shape index (κ3) is 4.74. The summed E-state index contributed by atoms with van der Waals surface area (Å²) in [5.41, 5.74) is 1.43. The molecule has 0 aliphatic carbocycles. The first-order chi connectivity index (χ1) is 12.9. The molecule has 3 rings (SSSR count). The minimum atomic E-state index is -0.174. The molecule has 1 amide bonds. The topological polar surface area (TPSA) is 45.2 Å². The van der Waals surface area contributed by atoms with Gasteiger partial charge in [0.25, 0.3) is 0 Å². The SMILES string of the molecule is COc1cccc(CN2CCN(C)C3(CCN(C(=O)OC(C)C)CC3)C2)c1. The van der Waals surface area contributed by atoms with Crippen LogP contribution in [-0.4, -0.2) is 79.3 Å². The highest BCUT2D eigenvalue weighted by atomic mass is 16.6. The van der Waals surface area contributed by atoms with E-state index in [9.17, 15) is 4.79 Å². The van der Waals surface area contributed by atoms with Crippen molar-refractivity contribution in [2.24, 2.45) is 0 Å². The maximum Gasteiger partial charge on any atom is 0.410 e. The van der Waals surface area contributed by atoms with Gasteiger partial charge in [-0.15, -0.1) is 0 Å². The van der Waals surface area contributed by atoms with Crippen LogP contribution in [0.15, 0.2) is 24.3 Å². The molecule has 0 bridgehead atoms. The first-order valence-electron chi connectivity index (χ1n) is 9.94. The molecule has 0 radical (unpaired) electrons. The smallest absolute Gasteiger partial charge is 0.410 e. The Morgan fingerprint density at radius 1 is 1.19 bits per heavy atom. The quantitative estimate of drug-likeness (QED) is 0.810. The number of benzene rings is 1. The lowest BCUT2D eigenvalue weighted by Gasteiger charge is -2.53. The number of rotatable bonds is 4. The third-order valence-electron chi connectivity index (χ3n) is 5.91. The van der Waals surface area contributed by atoms with Crippen molar-refractivity contribution in [3.8, 4) is 5.75 Å². The van der Waals surface area contributed by atoms with Gasteiger partial charge in [0.1, 0.15) is 5.75 Å². The van der Waals surface area contributed by atoms with Crippen LogP contribution in [0.2, 0.25) is 0 Å². The zero-order chi connectivity index (χ0) is 19.4. The van der Waals surface area contributed by atoms with Gasteiger partial charge >= 0.3 is 6.09 Å². The lowest BCUT2D eigenvalue weighted by molar-refractivity contribution is -0.0307. The monoisotopic (exact) mass is 375 g/mol. The molecule has 2 fully saturated rings. The van der Waals surface area contributed by atoms with E-state index in [4.69, 9.17) is 9.47 Å². The fourth-order valence-electron chi connectivity index (χ4n) is 4.23. The van der Waals surface area contributed by atoms with Crippen LogP contribution < -0.4 is 4.74 Å². The van der Waals surface area contributed by atoms with Gasteiger partial charge in [0.2, 0.25) is 0 Å². The minimum absolute atomic E-state index is 0.0657. The van der Waals surface area contributed by atoms with Crippen molar-refractivity contribution in [3.05, 3.63) is 29.8 Å². The van der Waals surface area contributed by atoms with Gasteiger partial charge in [-0.3, -0.25) is 9.80 Å². The summed E-state index contributed by atoms with van der Waals surface area (Å²) in [7, 11) is 3.94. The van der Waals surface area contributed by atoms with Crippen molar-refractivity contribution in [1.29, 1.82) is 0 Å². The predicted octanol–water partition coefficient (Wildman–Crippen LogP) is 2.82. The first kappa shape index (κ1) is 20.0. The van der Waals surface area contributed by atoms with Crippen molar-refractivity contribution >= 4 is 6.09 Å². The molecule has 2 saturated heterocycles. The van der Waals surface area contributed by atoms with Crippen LogP contribution in [0.1, 0.15) is 32.3 Å². The molecular weight excluding hydrogens is 342 g/mol. The summed E-state index contributed by atoms with van der Waals surface area (Å²) >= 11 is 0. The maximum absolute atomic E-state index is 12.2. The summed E-state index contributed by atoms with van der Waals surface area (Å²) in [6.07, 6.45) is 1.74. The summed E-state index contributed by atoms with van der Waals surface area (Å²) < 4.78 is 10.7. The van der Waals surface area contributed by atoms with Gasteiger partial charge in [-0.25, -0.2) is 4.79 Å². The second-order valence-electron chi connectivity index (χ2n) is 8.13. The molecule has 0 saturated carbocycles. The lowest BCUT2D eigenvalue weighted by atomic mass is 9.83. The lowest BCUT2D eigenvalue weighted by Crippen LogP contribution is -2.64. The number of likely N-dealkylation sites (N-methyl/N-ethyl adjacent to an activating group) is 1. The Morgan fingerprint density at radius 3 is 2.59 bits per heavy atom. The van der Waals surface area contributed by atoms with Gasteiger partial charge in [0.05, 0.1) is 13.2 Å². The number of nitrogens with zero attached hydrogens (tertiary/aromatic N) is 3. The molecule has 0 atom stereocenters. The second kappa shape index (κ2) is 8.48. The van der Waals surface area contributed by atoms with E-state index >= 15 is 0 Å². The summed E-state index contributed by atoms with van der Waals surface area (Å²) in [5, 5.41) is 0. The number of methoxy groups -OCH3 is 1. The minimum Gasteiger partial charge on any atom is -0.497 e. The number of ether oxygens (including phenoxy) is 2. The predicted molar refractivity (Wildman–Crippen MR) is 106 cm³/mol. The molecule has 6 heteroatoms. The molecule has 6 nitrogen and oxygen atoms in total. The zero-order valence-electron chi connectivity index (χ0n) is 17.1. The van der Waals surface area contributed by atoms with Crippen LogP contribution >= 0.6 is 0 Å². The zero-order valence-corrected chi connectivity index (χ0v) is 17.1. The Balaban J connectivity index is 1.61. The van der Waals surface area contributed by atoms with Gasteiger partial charge in [-0.1, -0.05) is 12.1 Å². The van der Waals surface area contributed by atoms with E-state index in [1.807, 2.05) is 24.8 Å². The summed E-state index contributed by atoms with van der Waals surface area (Å²) in [5.74, 6) is 0.910. The van der Waals surface area contributed by atoms with E-state index in [-0.39, 0.29) is 17.7 Å². The van der Waals surface area contributed by atoms with Gasteiger partial charge < -0.3 is 14.4 Å². The number of amides is 1. The van der Waals surface area contributed by atoms with Crippen LogP contribution in [0, 0.1) is 0 Å². The molecule has 2 aliphatic heterocycles.